The van der Waals surface area contributed by atoms with Crippen LogP contribution in [0.5, 0.6) is 11.5 Å². The van der Waals surface area contributed by atoms with E-state index < -0.39 is 36.1 Å². The number of aromatic nitrogens is 2. The maximum absolute atomic E-state index is 12.8. The molecule has 0 radical (unpaired) electrons. The third kappa shape index (κ3) is 15.9. The molecule has 3 N–H and O–H groups in total. The van der Waals surface area contributed by atoms with Crippen molar-refractivity contribution in [1.29, 1.82) is 0 Å². The predicted molar refractivity (Wildman–Crippen MR) is 266 cm³/mol. The molecule has 2 saturated heterocycles. The first-order valence-electron chi connectivity index (χ1n) is 21.1. The largest absolute Gasteiger partial charge is 0.542 e. The van der Waals surface area contributed by atoms with Crippen LogP contribution in [0.3, 0.4) is 0 Å². The summed E-state index contributed by atoms with van der Waals surface area (Å²) in [5, 5.41) is 1.70. The fraction of sp³-hybridized carbons (Fsp3) is 0.500. The summed E-state index contributed by atoms with van der Waals surface area (Å²) < 4.78 is 65.6. The quantitative estimate of drug-likeness (QED) is 0.117. The van der Waals surface area contributed by atoms with Crippen LogP contribution in [-0.2, 0) is 19.4 Å². The van der Waals surface area contributed by atoms with E-state index >= 15 is 0 Å². The highest BCUT2D eigenvalue weighted by Crippen LogP contribution is 2.39. The summed E-state index contributed by atoms with van der Waals surface area (Å²) in [6.07, 6.45) is 6.42. The van der Waals surface area contributed by atoms with Gasteiger partial charge in [-0.15, -0.1) is 0 Å². The first kappa shape index (κ1) is 52.7. The molecule has 0 saturated carbocycles. The molecule has 4 heterocycles. The molecule has 0 atom stereocenters. The molecule has 2 aliphatic heterocycles. The van der Waals surface area contributed by atoms with E-state index in [2.05, 4.69) is 82.4 Å². The van der Waals surface area contributed by atoms with Crippen LogP contribution in [0.2, 0.25) is 46.3 Å². The smallest absolute Gasteiger partial charge is 0.302 e. The average Bonchev–Trinajstić information content (AvgIpc) is 3.19. The Bertz CT molecular complexity index is 2280. The third-order valence-corrected chi connectivity index (χ3v) is 24.6. The Balaban J connectivity index is 0.000000229. The van der Waals surface area contributed by atoms with Crippen molar-refractivity contribution in [3.8, 4) is 11.5 Å². The number of nitrogens with zero attached hydrogens (tertiary/aromatic N) is 4. The number of benzene rings is 2. The van der Waals surface area contributed by atoms with E-state index in [1.54, 1.807) is 30.6 Å². The Hall–Kier alpha value is -2.94. The molecular formula is C44H65Cl3N6O6S2Si2. The van der Waals surface area contributed by atoms with Crippen LogP contribution in [-0.4, -0.2) is 78.2 Å². The standard InChI is InChI=1S/C22H32ClN3O3SSi.C11H13Cl2NO2S.C11H20N2OSi/c1-22(2,3)31(4,5)29-20-10-11-21(24-16-20)25-30(27,28)26-14-12-18(13-15-26)17-6-8-19(23)9-7-17;12-11-3-1-9(2-4-11)10-5-7-14(8-6-10)17(13,15)16;1-11(2,3)15(4,5)14-9-6-7-10(12)13-8-9/h6-11,16,18H,12-15H2,1-5H3,(H,24,25);1-4,10H,5-8H2;6-8H,1-5H3,(H2,12,13). The van der Waals surface area contributed by atoms with Gasteiger partial charge in [0.1, 0.15) is 23.1 Å². The minimum absolute atomic E-state index is 0.0748. The summed E-state index contributed by atoms with van der Waals surface area (Å²) in [6.45, 7) is 23.8. The first-order chi connectivity index (χ1) is 29.1. The Labute approximate surface area is 393 Å². The molecule has 4 aromatic rings. The number of nitrogens with two attached hydrogens (primary N) is 1. The van der Waals surface area contributed by atoms with Crippen molar-refractivity contribution >= 4 is 81.6 Å². The lowest BCUT2D eigenvalue weighted by Crippen LogP contribution is -2.43. The van der Waals surface area contributed by atoms with Crippen molar-refractivity contribution in [2.75, 3.05) is 36.6 Å². The van der Waals surface area contributed by atoms with Gasteiger partial charge >= 0.3 is 10.2 Å². The maximum Gasteiger partial charge on any atom is 0.302 e. The zero-order valence-electron chi connectivity index (χ0n) is 38.2. The van der Waals surface area contributed by atoms with Crippen LogP contribution < -0.4 is 19.3 Å². The Morgan fingerprint density at radius 1 is 0.619 bits per heavy atom. The third-order valence-electron chi connectivity index (χ3n) is 12.3. The van der Waals surface area contributed by atoms with Gasteiger partial charge in [-0.05, 0) is 133 Å². The van der Waals surface area contributed by atoms with E-state index in [9.17, 15) is 16.8 Å². The second kappa shape index (κ2) is 21.6. The molecule has 6 rings (SSSR count). The normalized spacial score (nSPS) is 16.5. The van der Waals surface area contributed by atoms with Gasteiger partial charge in [-0.25, -0.2) is 9.97 Å². The topological polar surface area (TPSA) is 157 Å². The van der Waals surface area contributed by atoms with Crippen molar-refractivity contribution in [3.05, 3.63) is 106 Å². The summed E-state index contributed by atoms with van der Waals surface area (Å²) in [4.78, 5) is 8.28. The number of piperidine rings is 2. The summed E-state index contributed by atoms with van der Waals surface area (Å²) in [7, 11) is -5.61. The minimum atomic E-state index is -3.65. The van der Waals surface area contributed by atoms with E-state index in [0.29, 0.717) is 60.4 Å². The second-order valence-electron chi connectivity index (χ2n) is 19.0. The molecule has 2 aromatic heterocycles. The van der Waals surface area contributed by atoms with Crippen molar-refractivity contribution in [1.82, 2.24) is 18.6 Å². The van der Waals surface area contributed by atoms with E-state index in [1.165, 1.54) is 19.7 Å². The van der Waals surface area contributed by atoms with Gasteiger partial charge in [-0.3, -0.25) is 4.72 Å². The zero-order chi connectivity index (χ0) is 47.0. The highest BCUT2D eigenvalue weighted by Gasteiger charge is 2.40. The van der Waals surface area contributed by atoms with Crippen molar-refractivity contribution in [3.63, 3.8) is 0 Å². The van der Waals surface area contributed by atoms with Gasteiger partial charge in [0, 0.05) is 46.9 Å². The Morgan fingerprint density at radius 3 is 1.33 bits per heavy atom. The number of nitrogen functional groups attached to an aromatic ring is 1. The molecular weight excluding hydrogens is 935 g/mol. The molecule has 0 spiro atoms. The molecule has 0 bridgehead atoms. The van der Waals surface area contributed by atoms with Gasteiger partial charge in [0.15, 0.2) is 0 Å². The summed E-state index contributed by atoms with van der Waals surface area (Å²) >= 11 is 11.8. The van der Waals surface area contributed by atoms with Crippen LogP contribution in [0.15, 0.2) is 85.2 Å². The molecule has 2 aromatic carbocycles. The monoisotopic (exact) mass is 998 g/mol. The lowest BCUT2D eigenvalue weighted by Gasteiger charge is -2.36. The highest BCUT2D eigenvalue weighted by molar-refractivity contribution is 8.11. The van der Waals surface area contributed by atoms with E-state index in [4.69, 9.17) is 48.5 Å². The molecule has 0 aliphatic carbocycles. The number of hydrogen-bond acceptors (Lipinski definition) is 9. The Morgan fingerprint density at radius 2 is 1.00 bits per heavy atom. The molecule has 2 fully saturated rings. The van der Waals surface area contributed by atoms with Gasteiger partial charge in [0.2, 0.25) is 0 Å². The van der Waals surface area contributed by atoms with Gasteiger partial charge in [-0.1, -0.05) is 89.0 Å². The van der Waals surface area contributed by atoms with Crippen LogP contribution in [0, 0.1) is 0 Å². The fourth-order valence-corrected chi connectivity index (χ4v) is 10.9. The molecule has 348 valence electrons. The van der Waals surface area contributed by atoms with Crippen LogP contribution in [0.1, 0.15) is 90.2 Å². The number of rotatable bonds is 10. The molecule has 19 heteroatoms. The summed E-state index contributed by atoms with van der Waals surface area (Å²) in [6, 6.07) is 22.6. The van der Waals surface area contributed by atoms with Gasteiger partial charge < -0.3 is 14.6 Å². The zero-order valence-corrected chi connectivity index (χ0v) is 44.1. The minimum Gasteiger partial charge on any atom is -0.542 e. The molecule has 12 nitrogen and oxygen atoms in total. The summed E-state index contributed by atoms with van der Waals surface area (Å²) in [5.41, 5.74) is 7.93. The van der Waals surface area contributed by atoms with E-state index in [1.807, 2.05) is 54.6 Å². The van der Waals surface area contributed by atoms with Crippen LogP contribution in [0.4, 0.5) is 11.6 Å². The highest BCUT2D eigenvalue weighted by atomic mass is 35.7. The second-order valence-corrected chi connectivity index (χ2v) is 33.5. The van der Waals surface area contributed by atoms with Crippen LogP contribution >= 0.6 is 33.9 Å². The van der Waals surface area contributed by atoms with Crippen molar-refractivity contribution < 1.29 is 25.7 Å². The Kier molecular flexibility index (Phi) is 18.0. The molecule has 63 heavy (non-hydrogen) atoms. The van der Waals surface area contributed by atoms with Crippen molar-refractivity contribution in [2.45, 2.75) is 115 Å². The van der Waals surface area contributed by atoms with Gasteiger partial charge in [-0.2, -0.15) is 25.4 Å². The van der Waals surface area contributed by atoms with E-state index in [-0.39, 0.29) is 10.1 Å². The van der Waals surface area contributed by atoms with Crippen LogP contribution in [0.25, 0.3) is 0 Å². The lowest BCUT2D eigenvalue weighted by atomic mass is 9.90. The molecule has 0 unspecified atom stereocenters. The van der Waals surface area contributed by atoms with Crippen molar-refractivity contribution in [2.24, 2.45) is 0 Å². The number of hydrogen-bond donors (Lipinski definition) is 2. The maximum atomic E-state index is 12.8. The first-order valence-corrected chi connectivity index (χ1v) is 31.4. The van der Waals surface area contributed by atoms with Gasteiger partial charge in [0.05, 0.1) is 12.4 Å². The lowest BCUT2D eigenvalue weighted by molar-refractivity contribution is 0.321. The van der Waals surface area contributed by atoms with Gasteiger partial charge in [0.25, 0.3) is 25.9 Å². The number of halogens is 3. The summed E-state index contributed by atoms with van der Waals surface area (Å²) in [5.74, 6) is 3.03. The fourth-order valence-electron chi connectivity index (χ4n) is 6.35. The molecule has 0 amide bonds. The molecule has 2 aliphatic rings. The number of pyridine rings is 2. The van der Waals surface area contributed by atoms with E-state index in [0.717, 1.165) is 36.5 Å². The SMILES string of the molecule is CC(C)(C)[Si](C)(C)Oc1ccc(N)nc1.CC(C)(C)[Si](C)(C)Oc1ccc(NS(=O)(=O)N2CCC(c3ccc(Cl)cc3)CC2)nc1.O=S(=O)(Cl)N1CCC(c2ccc(Cl)cc2)CC1. The number of anilines is 2. The average molecular weight is 1000 g/mol. The predicted octanol–water partition coefficient (Wildman–Crippen LogP) is 11.7. The number of nitrogens with one attached hydrogen (secondary N) is 1.